The van der Waals surface area contributed by atoms with Gasteiger partial charge in [-0.05, 0) is 18.2 Å². The van der Waals surface area contributed by atoms with E-state index in [1.165, 1.54) is 0 Å². The van der Waals surface area contributed by atoms with Crippen molar-refractivity contribution in [2.45, 2.75) is 6.04 Å². The van der Waals surface area contributed by atoms with Gasteiger partial charge in [-0.15, -0.1) is 0 Å². The molecule has 9 nitrogen and oxygen atoms in total. The van der Waals surface area contributed by atoms with E-state index in [0.717, 1.165) is 0 Å². The van der Waals surface area contributed by atoms with Crippen LogP contribution in [0.5, 0.6) is 11.6 Å². The number of carbonyl (C=O) groups excluding carboxylic acids is 1. The number of carbonyl (C=O) groups is 1. The second-order valence-corrected chi connectivity index (χ2v) is 6.45. The Bertz CT molecular complexity index is 945. The van der Waals surface area contributed by atoms with Crippen LogP contribution in [-0.2, 0) is 4.79 Å². The molecule has 3 heterocycles. The van der Waals surface area contributed by atoms with E-state index in [1.807, 2.05) is 30.3 Å². The van der Waals surface area contributed by atoms with E-state index >= 15 is 0 Å². The Balaban J connectivity index is 1.47. The standard InChI is InChI=1S/C20H21N5O4/c1-27-17-8-7-14(11-22-17)19-23-20(29-24-19)16-12-21-9-10-25(16)18(26)13-28-15-5-3-2-4-6-15/h2-8,11,16,21H,9-10,12-13H2,1H3/t16-/m1/s1. The number of ether oxygens (including phenoxy) is 2. The van der Waals surface area contributed by atoms with Crippen LogP contribution in [-0.4, -0.2) is 59.3 Å². The lowest BCUT2D eigenvalue weighted by atomic mass is 10.2. The van der Waals surface area contributed by atoms with E-state index in [4.69, 9.17) is 14.0 Å². The van der Waals surface area contributed by atoms with E-state index in [0.29, 0.717) is 48.5 Å². The van der Waals surface area contributed by atoms with Crippen LogP contribution in [0.4, 0.5) is 0 Å². The highest BCUT2D eigenvalue weighted by molar-refractivity contribution is 5.78. The molecular formula is C20H21N5O4. The number of piperazine rings is 1. The van der Waals surface area contributed by atoms with Gasteiger partial charge in [0.15, 0.2) is 6.61 Å². The predicted octanol–water partition coefficient (Wildman–Crippen LogP) is 1.69. The number of methoxy groups -OCH3 is 1. The number of amides is 1. The van der Waals surface area contributed by atoms with Gasteiger partial charge in [-0.2, -0.15) is 4.98 Å². The zero-order valence-corrected chi connectivity index (χ0v) is 15.9. The Morgan fingerprint density at radius 2 is 2.14 bits per heavy atom. The molecule has 1 aliphatic heterocycles. The maximum absolute atomic E-state index is 12.8. The van der Waals surface area contributed by atoms with E-state index in [9.17, 15) is 4.79 Å². The monoisotopic (exact) mass is 395 g/mol. The highest BCUT2D eigenvalue weighted by Gasteiger charge is 2.32. The predicted molar refractivity (Wildman–Crippen MR) is 103 cm³/mol. The first kappa shape index (κ1) is 18.9. The first-order chi connectivity index (χ1) is 14.2. The summed E-state index contributed by atoms with van der Waals surface area (Å²) >= 11 is 0. The number of benzene rings is 1. The summed E-state index contributed by atoms with van der Waals surface area (Å²) < 4.78 is 16.1. The maximum Gasteiger partial charge on any atom is 0.261 e. The molecule has 0 unspecified atom stereocenters. The minimum absolute atomic E-state index is 0.0517. The van der Waals surface area contributed by atoms with Crippen molar-refractivity contribution in [3.05, 3.63) is 54.6 Å². The van der Waals surface area contributed by atoms with Crippen LogP contribution < -0.4 is 14.8 Å². The summed E-state index contributed by atoms with van der Waals surface area (Å²) in [4.78, 5) is 23.1. The van der Waals surface area contributed by atoms with Gasteiger partial charge < -0.3 is 24.2 Å². The third-order valence-corrected chi connectivity index (χ3v) is 4.60. The molecule has 29 heavy (non-hydrogen) atoms. The van der Waals surface area contributed by atoms with Crippen LogP contribution in [0.1, 0.15) is 11.9 Å². The second kappa shape index (κ2) is 8.70. The number of para-hydroxylation sites is 1. The highest BCUT2D eigenvalue weighted by Crippen LogP contribution is 2.24. The molecule has 0 bridgehead atoms. The van der Waals surface area contributed by atoms with Gasteiger partial charge in [0.2, 0.25) is 11.7 Å². The van der Waals surface area contributed by atoms with Gasteiger partial charge in [-0.3, -0.25) is 4.79 Å². The van der Waals surface area contributed by atoms with Crippen molar-refractivity contribution in [2.75, 3.05) is 33.4 Å². The number of nitrogens with one attached hydrogen (secondary N) is 1. The Labute approximate surface area is 167 Å². The molecule has 2 aromatic heterocycles. The van der Waals surface area contributed by atoms with Crippen LogP contribution in [0.2, 0.25) is 0 Å². The molecule has 3 aromatic rings. The fourth-order valence-corrected chi connectivity index (χ4v) is 3.09. The summed E-state index contributed by atoms with van der Waals surface area (Å²) in [6, 6.07) is 12.4. The number of hydrogen-bond donors (Lipinski definition) is 1. The minimum atomic E-state index is -0.358. The summed E-state index contributed by atoms with van der Waals surface area (Å²) in [5.74, 6) is 1.81. The Morgan fingerprint density at radius 3 is 2.90 bits per heavy atom. The van der Waals surface area contributed by atoms with Crippen molar-refractivity contribution >= 4 is 5.91 Å². The molecule has 1 N–H and O–H groups in total. The van der Waals surface area contributed by atoms with E-state index < -0.39 is 0 Å². The van der Waals surface area contributed by atoms with Crippen LogP contribution in [0.15, 0.2) is 53.2 Å². The lowest BCUT2D eigenvalue weighted by Crippen LogP contribution is -2.50. The van der Waals surface area contributed by atoms with Gasteiger partial charge in [0.25, 0.3) is 11.8 Å². The summed E-state index contributed by atoms with van der Waals surface area (Å²) in [7, 11) is 1.55. The largest absolute Gasteiger partial charge is 0.484 e. The van der Waals surface area contributed by atoms with E-state index in [1.54, 1.807) is 30.3 Å². The molecule has 1 saturated heterocycles. The number of nitrogens with zero attached hydrogens (tertiary/aromatic N) is 4. The fourth-order valence-electron chi connectivity index (χ4n) is 3.09. The molecule has 1 fully saturated rings. The topological polar surface area (TPSA) is 103 Å². The third kappa shape index (κ3) is 4.35. The quantitative estimate of drug-likeness (QED) is 0.673. The molecule has 4 rings (SSSR count). The van der Waals surface area contributed by atoms with Crippen LogP contribution in [0.3, 0.4) is 0 Å². The smallest absolute Gasteiger partial charge is 0.261 e. The highest BCUT2D eigenvalue weighted by atomic mass is 16.5. The lowest BCUT2D eigenvalue weighted by molar-refractivity contribution is -0.137. The van der Waals surface area contributed by atoms with Gasteiger partial charge in [0.05, 0.1) is 7.11 Å². The molecule has 1 amide bonds. The Hall–Kier alpha value is -3.46. The van der Waals surface area contributed by atoms with Crippen molar-refractivity contribution in [1.29, 1.82) is 0 Å². The lowest BCUT2D eigenvalue weighted by Gasteiger charge is -2.33. The van der Waals surface area contributed by atoms with E-state index in [-0.39, 0.29) is 18.6 Å². The molecule has 0 aliphatic carbocycles. The van der Waals surface area contributed by atoms with Crippen molar-refractivity contribution in [1.82, 2.24) is 25.3 Å². The van der Waals surface area contributed by atoms with Crippen molar-refractivity contribution in [2.24, 2.45) is 0 Å². The Morgan fingerprint density at radius 1 is 1.28 bits per heavy atom. The van der Waals surface area contributed by atoms with Gasteiger partial charge >= 0.3 is 0 Å². The van der Waals surface area contributed by atoms with Gasteiger partial charge in [0, 0.05) is 37.5 Å². The molecule has 1 aromatic carbocycles. The summed E-state index contributed by atoms with van der Waals surface area (Å²) in [5, 5.41) is 7.31. The van der Waals surface area contributed by atoms with Crippen molar-refractivity contribution < 1.29 is 18.8 Å². The van der Waals surface area contributed by atoms with Crippen LogP contribution in [0, 0.1) is 0 Å². The molecule has 150 valence electrons. The average Bonchev–Trinajstić information content (AvgIpc) is 3.28. The number of rotatable bonds is 6. The number of pyridine rings is 1. The zero-order valence-electron chi connectivity index (χ0n) is 15.9. The summed E-state index contributed by atoms with van der Waals surface area (Å²) in [5.41, 5.74) is 0.704. The first-order valence-corrected chi connectivity index (χ1v) is 9.26. The second-order valence-electron chi connectivity index (χ2n) is 6.45. The number of aromatic nitrogens is 3. The molecule has 0 saturated carbocycles. The molecule has 1 aliphatic rings. The molecular weight excluding hydrogens is 374 g/mol. The fraction of sp³-hybridized carbons (Fsp3) is 0.300. The molecule has 0 radical (unpaired) electrons. The average molecular weight is 395 g/mol. The summed E-state index contributed by atoms with van der Waals surface area (Å²) in [6.07, 6.45) is 1.61. The van der Waals surface area contributed by atoms with Crippen LogP contribution in [0.25, 0.3) is 11.4 Å². The molecule has 9 heteroatoms. The first-order valence-electron chi connectivity index (χ1n) is 9.26. The number of hydrogen-bond acceptors (Lipinski definition) is 8. The van der Waals surface area contributed by atoms with Crippen LogP contribution >= 0.6 is 0 Å². The van der Waals surface area contributed by atoms with Gasteiger partial charge in [0.1, 0.15) is 11.8 Å². The molecule has 0 spiro atoms. The minimum Gasteiger partial charge on any atom is -0.484 e. The van der Waals surface area contributed by atoms with Crippen molar-refractivity contribution in [3.63, 3.8) is 0 Å². The van der Waals surface area contributed by atoms with E-state index in [2.05, 4.69) is 20.4 Å². The Kier molecular flexibility index (Phi) is 5.66. The van der Waals surface area contributed by atoms with Gasteiger partial charge in [-0.1, -0.05) is 23.4 Å². The van der Waals surface area contributed by atoms with Gasteiger partial charge in [-0.25, -0.2) is 4.98 Å². The van der Waals surface area contributed by atoms with Crippen molar-refractivity contribution in [3.8, 4) is 23.0 Å². The SMILES string of the molecule is COc1ccc(-c2noc([C@H]3CNCCN3C(=O)COc3ccccc3)n2)cn1. The molecule has 1 atom stereocenters. The zero-order chi connectivity index (χ0) is 20.1. The normalized spacial score (nSPS) is 16.4. The maximum atomic E-state index is 12.8. The third-order valence-electron chi connectivity index (χ3n) is 4.60. The summed E-state index contributed by atoms with van der Waals surface area (Å²) in [6.45, 7) is 1.70.